The topological polar surface area (TPSA) is 62.4 Å². The number of rotatable bonds is 4. The van der Waals surface area contributed by atoms with Crippen LogP contribution >= 0.6 is 0 Å². The van der Waals surface area contributed by atoms with E-state index in [9.17, 15) is 5.11 Å². The molecule has 5 heteroatoms. The number of aryl methyl sites for hydroxylation is 1. The number of nitrogens with zero attached hydrogens (tertiary/aromatic N) is 3. The van der Waals surface area contributed by atoms with Crippen LogP contribution in [0.3, 0.4) is 0 Å². The van der Waals surface area contributed by atoms with Crippen molar-refractivity contribution in [2.75, 3.05) is 6.54 Å². The summed E-state index contributed by atoms with van der Waals surface area (Å²) in [4.78, 5) is 6.65. The number of hydrogen-bond acceptors (Lipinski definition) is 5. The van der Waals surface area contributed by atoms with E-state index in [1.807, 2.05) is 13.8 Å². The van der Waals surface area contributed by atoms with E-state index in [1.165, 1.54) is 19.3 Å². The second-order valence-electron chi connectivity index (χ2n) is 5.29. The molecule has 0 radical (unpaired) electrons. The van der Waals surface area contributed by atoms with Gasteiger partial charge in [-0.25, -0.2) is 0 Å². The third-order valence-electron chi connectivity index (χ3n) is 3.52. The lowest BCUT2D eigenvalue weighted by atomic mass is 10.0. The molecule has 5 nitrogen and oxygen atoms in total. The maximum atomic E-state index is 9.61. The van der Waals surface area contributed by atoms with E-state index >= 15 is 0 Å². The van der Waals surface area contributed by atoms with E-state index in [4.69, 9.17) is 4.52 Å². The van der Waals surface area contributed by atoms with Crippen LogP contribution in [0.2, 0.25) is 0 Å². The lowest BCUT2D eigenvalue weighted by Gasteiger charge is -2.29. The van der Waals surface area contributed by atoms with Gasteiger partial charge in [0.25, 0.3) is 0 Å². The highest BCUT2D eigenvalue weighted by Gasteiger charge is 2.23. The first-order valence-electron chi connectivity index (χ1n) is 6.86. The van der Waals surface area contributed by atoms with Crippen LogP contribution < -0.4 is 0 Å². The quantitative estimate of drug-likeness (QED) is 0.888. The van der Waals surface area contributed by atoms with Gasteiger partial charge >= 0.3 is 0 Å². The summed E-state index contributed by atoms with van der Waals surface area (Å²) in [7, 11) is 0. The molecule has 1 aliphatic rings. The lowest BCUT2D eigenvalue weighted by Crippen LogP contribution is -2.36. The van der Waals surface area contributed by atoms with Crippen molar-refractivity contribution in [2.45, 2.75) is 64.6 Å². The molecule has 2 unspecified atom stereocenters. The molecule has 2 atom stereocenters. The van der Waals surface area contributed by atoms with Crippen LogP contribution in [0.15, 0.2) is 4.52 Å². The first-order valence-corrected chi connectivity index (χ1v) is 6.86. The predicted molar refractivity (Wildman–Crippen MR) is 68.0 cm³/mol. The van der Waals surface area contributed by atoms with Gasteiger partial charge in [0.1, 0.15) is 0 Å². The van der Waals surface area contributed by atoms with Crippen molar-refractivity contribution in [1.82, 2.24) is 15.0 Å². The molecule has 0 aliphatic carbocycles. The Morgan fingerprint density at radius 1 is 1.44 bits per heavy atom. The standard InChI is InChI=1S/C13H23N3O2/c1-10(17)8-12-6-4-3-5-7-16(12)9-13-14-11(2)15-18-13/h10,12,17H,3-9H2,1-2H3. The highest BCUT2D eigenvalue weighted by Crippen LogP contribution is 2.22. The molecule has 102 valence electrons. The van der Waals surface area contributed by atoms with Crippen LogP contribution in [0.25, 0.3) is 0 Å². The van der Waals surface area contributed by atoms with Crippen LogP contribution in [-0.4, -0.2) is 38.8 Å². The van der Waals surface area contributed by atoms with E-state index in [1.54, 1.807) is 0 Å². The van der Waals surface area contributed by atoms with E-state index in [2.05, 4.69) is 15.0 Å². The van der Waals surface area contributed by atoms with Crippen LogP contribution in [0.5, 0.6) is 0 Å². The van der Waals surface area contributed by atoms with Crippen molar-refractivity contribution >= 4 is 0 Å². The summed E-state index contributed by atoms with van der Waals surface area (Å²) in [6.45, 7) is 5.46. The average Bonchev–Trinajstić information content (AvgIpc) is 2.58. The maximum Gasteiger partial charge on any atom is 0.240 e. The van der Waals surface area contributed by atoms with Crippen molar-refractivity contribution in [3.8, 4) is 0 Å². The van der Waals surface area contributed by atoms with Gasteiger partial charge < -0.3 is 9.63 Å². The summed E-state index contributed by atoms with van der Waals surface area (Å²) in [6.07, 6.45) is 5.46. The Hall–Kier alpha value is -0.940. The van der Waals surface area contributed by atoms with Crippen LogP contribution in [0, 0.1) is 6.92 Å². The number of aromatic nitrogens is 2. The first kappa shape index (κ1) is 13.5. The molecule has 1 N–H and O–H groups in total. The third kappa shape index (κ3) is 3.78. The Kier molecular flexibility index (Phi) is 4.72. The normalized spacial score (nSPS) is 23.8. The number of likely N-dealkylation sites (tertiary alicyclic amines) is 1. The Morgan fingerprint density at radius 2 is 2.28 bits per heavy atom. The molecule has 0 spiro atoms. The van der Waals surface area contributed by atoms with Gasteiger partial charge in [0.2, 0.25) is 5.89 Å². The summed E-state index contributed by atoms with van der Waals surface area (Å²) in [5.74, 6) is 1.37. The summed E-state index contributed by atoms with van der Waals surface area (Å²) >= 11 is 0. The van der Waals surface area contributed by atoms with E-state index in [0.717, 1.165) is 19.4 Å². The first-order chi connectivity index (χ1) is 8.65. The largest absolute Gasteiger partial charge is 0.393 e. The second kappa shape index (κ2) is 6.29. The third-order valence-corrected chi connectivity index (χ3v) is 3.52. The Labute approximate surface area is 108 Å². The maximum absolute atomic E-state index is 9.61. The van der Waals surface area contributed by atoms with Crippen LogP contribution in [0.1, 0.15) is 50.7 Å². The molecule has 1 fully saturated rings. The molecule has 2 rings (SSSR count). The Balaban J connectivity index is 2.00. The summed E-state index contributed by atoms with van der Waals surface area (Å²) < 4.78 is 5.20. The fourth-order valence-corrected chi connectivity index (χ4v) is 2.68. The molecule has 1 aliphatic heterocycles. The molecule has 0 saturated carbocycles. The summed E-state index contributed by atoms with van der Waals surface area (Å²) in [6, 6.07) is 0.430. The van der Waals surface area contributed by atoms with Gasteiger partial charge in [-0.3, -0.25) is 4.90 Å². The van der Waals surface area contributed by atoms with Gasteiger partial charge in [0.15, 0.2) is 5.82 Å². The van der Waals surface area contributed by atoms with Crippen LogP contribution in [0.4, 0.5) is 0 Å². The van der Waals surface area contributed by atoms with Gasteiger partial charge in [-0.1, -0.05) is 18.0 Å². The van der Waals surface area contributed by atoms with Gasteiger partial charge in [-0.05, 0) is 39.7 Å². The molecule has 2 heterocycles. The predicted octanol–water partition coefficient (Wildman–Crippen LogP) is 1.89. The van der Waals surface area contributed by atoms with Crippen molar-refractivity contribution in [3.63, 3.8) is 0 Å². The van der Waals surface area contributed by atoms with Crippen molar-refractivity contribution < 1.29 is 9.63 Å². The molecule has 1 saturated heterocycles. The fraction of sp³-hybridized carbons (Fsp3) is 0.846. The van der Waals surface area contributed by atoms with Gasteiger partial charge in [-0.2, -0.15) is 4.98 Å². The summed E-state index contributed by atoms with van der Waals surface area (Å²) in [5.41, 5.74) is 0. The monoisotopic (exact) mass is 253 g/mol. The van der Waals surface area contributed by atoms with Crippen molar-refractivity contribution in [3.05, 3.63) is 11.7 Å². The minimum atomic E-state index is -0.250. The van der Waals surface area contributed by atoms with Crippen LogP contribution in [-0.2, 0) is 6.54 Å². The van der Waals surface area contributed by atoms with E-state index < -0.39 is 0 Å². The van der Waals surface area contributed by atoms with E-state index in [0.29, 0.717) is 24.3 Å². The zero-order valence-electron chi connectivity index (χ0n) is 11.3. The molecular formula is C13H23N3O2. The van der Waals surface area contributed by atoms with Gasteiger partial charge in [-0.15, -0.1) is 0 Å². The minimum absolute atomic E-state index is 0.250. The molecule has 1 aromatic rings. The SMILES string of the molecule is Cc1noc(CN2CCCCCC2CC(C)O)n1. The fourth-order valence-electron chi connectivity index (χ4n) is 2.68. The van der Waals surface area contributed by atoms with Gasteiger partial charge in [0, 0.05) is 6.04 Å². The highest BCUT2D eigenvalue weighted by atomic mass is 16.5. The number of aliphatic hydroxyl groups excluding tert-OH is 1. The molecule has 1 aromatic heterocycles. The number of hydrogen-bond donors (Lipinski definition) is 1. The highest BCUT2D eigenvalue weighted by molar-refractivity contribution is 4.86. The zero-order valence-corrected chi connectivity index (χ0v) is 11.3. The molecule has 0 amide bonds. The summed E-state index contributed by atoms with van der Waals surface area (Å²) in [5, 5.41) is 13.4. The molecule has 0 bridgehead atoms. The lowest BCUT2D eigenvalue weighted by molar-refractivity contribution is 0.100. The van der Waals surface area contributed by atoms with E-state index in [-0.39, 0.29) is 6.10 Å². The zero-order chi connectivity index (χ0) is 13.0. The Morgan fingerprint density at radius 3 is 2.94 bits per heavy atom. The smallest absolute Gasteiger partial charge is 0.240 e. The average molecular weight is 253 g/mol. The van der Waals surface area contributed by atoms with Crippen molar-refractivity contribution in [2.24, 2.45) is 0 Å². The van der Waals surface area contributed by atoms with Gasteiger partial charge in [0.05, 0.1) is 12.6 Å². The molecular weight excluding hydrogens is 230 g/mol. The minimum Gasteiger partial charge on any atom is -0.393 e. The molecule has 18 heavy (non-hydrogen) atoms. The number of aliphatic hydroxyl groups is 1. The van der Waals surface area contributed by atoms with Crippen molar-refractivity contribution in [1.29, 1.82) is 0 Å². The second-order valence-corrected chi connectivity index (χ2v) is 5.29. The Bertz CT molecular complexity index is 365. The molecule has 0 aromatic carbocycles.